The van der Waals surface area contributed by atoms with Gasteiger partial charge in [-0.1, -0.05) is 79.0 Å². The van der Waals surface area contributed by atoms with E-state index in [2.05, 4.69) is 75.7 Å². The minimum atomic E-state index is -0.233. The molecular formula is C33H25N5OS. The number of nitrogens with one attached hydrogen (secondary N) is 2. The van der Waals surface area contributed by atoms with Gasteiger partial charge in [-0.25, -0.2) is 4.98 Å². The van der Waals surface area contributed by atoms with Crippen LogP contribution in [-0.2, 0) is 0 Å². The number of aromatic nitrogens is 3. The van der Waals surface area contributed by atoms with Gasteiger partial charge in [0.15, 0.2) is 5.65 Å². The van der Waals surface area contributed by atoms with Gasteiger partial charge in [0.05, 0.1) is 29.3 Å². The van der Waals surface area contributed by atoms with Crippen molar-refractivity contribution in [1.29, 1.82) is 0 Å². The molecular weight excluding hydrogens is 514 g/mol. The number of benzene rings is 4. The van der Waals surface area contributed by atoms with Gasteiger partial charge in [-0.2, -0.15) is 0 Å². The largest absolute Gasteiger partial charge is 0.354 e. The molecule has 0 radical (unpaired) electrons. The maximum atomic E-state index is 13.2. The van der Waals surface area contributed by atoms with E-state index in [-0.39, 0.29) is 11.9 Å². The van der Waals surface area contributed by atoms with E-state index >= 15 is 0 Å². The molecule has 2 aromatic heterocycles. The van der Waals surface area contributed by atoms with Gasteiger partial charge in [0.2, 0.25) is 0 Å². The minimum Gasteiger partial charge on any atom is -0.354 e. The maximum absolute atomic E-state index is 13.2. The summed E-state index contributed by atoms with van der Waals surface area (Å²) < 4.78 is 1.83. The van der Waals surface area contributed by atoms with E-state index in [1.54, 1.807) is 24.2 Å². The molecule has 1 amide bonds. The molecule has 0 saturated heterocycles. The van der Waals surface area contributed by atoms with E-state index in [9.17, 15) is 4.79 Å². The fourth-order valence-corrected chi connectivity index (χ4v) is 6.08. The number of hydrogen-bond acceptors (Lipinski definition) is 5. The second-order valence-corrected chi connectivity index (χ2v) is 10.9. The topological polar surface area (TPSA) is 71.3 Å². The highest BCUT2D eigenvalue weighted by molar-refractivity contribution is 7.99. The van der Waals surface area contributed by atoms with E-state index in [1.807, 2.05) is 53.9 Å². The Morgan fingerprint density at radius 3 is 2.62 bits per heavy atom. The van der Waals surface area contributed by atoms with Gasteiger partial charge >= 0.3 is 0 Å². The molecule has 194 valence electrons. The Bertz CT molecular complexity index is 1960. The van der Waals surface area contributed by atoms with Crippen molar-refractivity contribution in [2.24, 2.45) is 0 Å². The number of nitrogens with zero attached hydrogens (tertiary/aromatic N) is 3. The van der Waals surface area contributed by atoms with Crippen molar-refractivity contribution in [2.45, 2.75) is 22.8 Å². The number of fused-ring (bicyclic) bond motifs is 4. The van der Waals surface area contributed by atoms with Crippen LogP contribution in [0.3, 0.4) is 0 Å². The lowest BCUT2D eigenvalue weighted by Crippen LogP contribution is -2.27. The molecule has 40 heavy (non-hydrogen) atoms. The molecule has 0 aliphatic carbocycles. The first-order chi connectivity index (χ1) is 19.5. The van der Waals surface area contributed by atoms with Crippen LogP contribution in [0.4, 0.5) is 11.4 Å². The minimum absolute atomic E-state index is 0.181. The molecule has 0 saturated carbocycles. The predicted molar refractivity (Wildman–Crippen MR) is 161 cm³/mol. The summed E-state index contributed by atoms with van der Waals surface area (Å²) in [6.45, 7) is 6.31. The third kappa shape index (κ3) is 4.30. The van der Waals surface area contributed by atoms with Crippen LogP contribution < -0.4 is 10.6 Å². The Balaban J connectivity index is 1.12. The average molecular weight is 540 g/mol. The van der Waals surface area contributed by atoms with Crippen molar-refractivity contribution in [3.63, 3.8) is 0 Å². The van der Waals surface area contributed by atoms with Gasteiger partial charge in [-0.15, -0.1) is 0 Å². The SMILES string of the molecule is C=C(c1ccc2c(c1)Nc1ccccc1S2)c1cn2cc(C(=O)N[C@H](C)c3cccc4ccccc34)nc2cn1. The standard InChI is InChI=1S/C33H25N5OS/c1-20(23-14-15-31-27(16-23)36-26-12-5-6-13-30(26)40-31)28-18-38-19-29(37-32(38)17-34-28)33(39)35-21(2)24-11-7-9-22-8-3-4-10-25(22)24/h3-19,21,36H,1H2,2H3,(H,35,39)/t21-/m1/s1. The molecule has 7 rings (SSSR count). The van der Waals surface area contributed by atoms with Crippen molar-refractivity contribution < 1.29 is 4.79 Å². The zero-order chi connectivity index (χ0) is 27.2. The Morgan fingerprint density at radius 2 is 1.70 bits per heavy atom. The number of carbonyl (C=O) groups is 1. The second-order valence-electron chi connectivity index (χ2n) is 9.84. The number of anilines is 2. The Morgan fingerprint density at radius 1 is 0.925 bits per heavy atom. The van der Waals surface area contributed by atoms with Crippen LogP contribution in [0.5, 0.6) is 0 Å². The molecule has 1 aliphatic heterocycles. The number of hydrogen-bond donors (Lipinski definition) is 2. The number of rotatable bonds is 5. The van der Waals surface area contributed by atoms with Crippen molar-refractivity contribution in [3.05, 3.63) is 133 Å². The zero-order valence-electron chi connectivity index (χ0n) is 21.8. The average Bonchev–Trinajstić information content (AvgIpc) is 3.43. The highest BCUT2D eigenvalue weighted by atomic mass is 32.2. The van der Waals surface area contributed by atoms with E-state index in [0.717, 1.165) is 38.8 Å². The smallest absolute Gasteiger partial charge is 0.271 e. The monoisotopic (exact) mass is 539 g/mol. The van der Waals surface area contributed by atoms with Crippen molar-refractivity contribution in [2.75, 3.05) is 5.32 Å². The second kappa shape index (κ2) is 9.70. The van der Waals surface area contributed by atoms with Crippen LogP contribution in [-0.4, -0.2) is 20.3 Å². The fraction of sp³-hybridized carbons (Fsp3) is 0.0606. The lowest BCUT2D eigenvalue weighted by Gasteiger charge is -2.21. The number of para-hydroxylation sites is 1. The van der Waals surface area contributed by atoms with Gasteiger partial charge in [0.25, 0.3) is 5.91 Å². The first kappa shape index (κ1) is 24.2. The summed E-state index contributed by atoms with van der Waals surface area (Å²) in [6, 6.07) is 28.7. The van der Waals surface area contributed by atoms with Crippen molar-refractivity contribution in [1.82, 2.24) is 19.7 Å². The lowest BCUT2D eigenvalue weighted by atomic mass is 9.99. The van der Waals surface area contributed by atoms with E-state index in [0.29, 0.717) is 17.0 Å². The molecule has 3 heterocycles. The normalized spacial score (nSPS) is 12.8. The summed E-state index contributed by atoms with van der Waals surface area (Å²) in [5.74, 6) is -0.233. The summed E-state index contributed by atoms with van der Waals surface area (Å²) in [6.07, 6.45) is 5.28. The fourth-order valence-electron chi connectivity index (χ4n) is 5.12. The quantitative estimate of drug-likeness (QED) is 0.235. The number of imidazole rings is 1. The van der Waals surface area contributed by atoms with Crippen molar-refractivity contribution >= 4 is 51.0 Å². The highest BCUT2D eigenvalue weighted by Gasteiger charge is 2.19. The molecule has 0 unspecified atom stereocenters. The molecule has 0 bridgehead atoms. The van der Waals surface area contributed by atoms with Gasteiger partial charge in [-0.3, -0.25) is 9.78 Å². The molecule has 1 atom stereocenters. The van der Waals surface area contributed by atoms with E-state index < -0.39 is 0 Å². The molecule has 0 fully saturated rings. The number of amides is 1. The third-order valence-corrected chi connectivity index (χ3v) is 8.38. The zero-order valence-corrected chi connectivity index (χ0v) is 22.6. The van der Waals surface area contributed by atoms with Crippen LogP contribution in [0.25, 0.3) is 22.0 Å². The van der Waals surface area contributed by atoms with Gasteiger partial charge in [0, 0.05) is 27.8 Å². The molecule has 0 spiro atoms. The number of carbonyl (C=O) groups excluding carboxylic acids is 1. The highest BCUT2D eigenvalue weighted by Crippen LogP contribution is 2.44. The summed E-state index contributed by atoms with van der Waals surface area (Å²) in [5, 5.41) is 8.90. The lowest BCUT2D eigenvalue weighted by molar-refractivity contribution is 0.0935. The van der Waals surface area contributed by atoms with Crippen LogP contribution >= 0.6 is 11.8 Å². The van der Waals surface area contributed by atoms with Crippen LogP contribution in [0.1, 0.15) is 40.3 Å². The van der Waals surface area contributed by atoms with Crippen LogP contribution in [0.15, 0.2) is 120 Å². The third-order valence-electron chi connectivity index (χ3n) is 7.23. The molecule has 6 aromatic rings. The molecule has 6 nitrogen and oxygen atoms in total. The Labute approximate surface area is 235 Å². The van der Waals surface area contributed by atoms with E-state index in [4.69, 9.17) is 0 Å². The first-order valence-electron chi connectivity index (χ1n) is 13.0. The summed E-state index contributed by atoms with van der Waals surface area (Å²) in [5.41, 5.74) is 6.62. The molecule has 7 heteroatoms. The molecule has 2 N–H and O–H groups in total. The van der Waals surface area contributed by atoms with Gasteiger partial charge < -0.3 is 15.0 Å². The van der Waals surface area contributed by atoms with Crippen LogP contribution in [0, 0.1) is 0 Å². The van der Waals surface area contributed by atoms with Crippen LogP contribution in [0.2, 0.25) is 0 Å². The van der Waals surface area contributed by atoms with Gasteiger partial charge in [0.1, 0.15) is 5.69 Å². The maximum Gasteiger partial charge on any atom is 0.271 e. The van der Waals surface area contributed by atoms with Gasteiger partial charge in [-0.05, 0) is 53.1 Å². The summed E-state index contributed by atoms with van der Waals surface area (Å²) >= 11 is 1.75. The first-order valence-corrected chi connectivity index (χ1v) is 13.9. The Kier molecular flexibility index (Phi) is 5.86. The molecule has 1 aliphatic rings. The van der Waals surface area contributed by atoms with Crippen molar-refractivity contribution in [3.8, 4) is 0 Å². The van der Waals surface area contributed by atoms with E-state index in [1.165, 1.54) is 9.79 Å². The Hall–Kier alpha value is -4.88. The predicted octanol–water partition coefficient (Wildman–Crippen LogP) is 7.64. The molecule has 4 aromatic carbocycles. The summed E-state index contributed by atoms with van der Waals surface area (Å²) in [4.78, 5) is 24.7. The summed E-state index contributed by atoms with van der Waals surface area (Å²) in [7, 11) is 0.